The Hall–Kier alpha value is -2.09. The first-order valence-corrected chi connectivity index (χ1v) is 9.86. The van der Waals surface area contributed by atoms with Gasteiger partial charge in [0.25, 0.3) is 0 Å². The summed E-state index contributed by atoms with van der Waals surface area (Å²) in [6.45, 7) is 0.897. The third-order valence-corrected chi connectivity index (χ3v) is 5.33. The van der Waals surface area contributed by atoms with E-state index in [2.05, 4.69) is 9.97 Å². The van der Waals surface area contributed by atoms with Crippen LogP contribution in [0.2, 0.25) is 10.0 Å². The SMILES string of the molecule is COCC1COC(Cc2ncc[nH]2)(c2ccc(Oc3ccc(Cl)c(Cl)c3)cc2)O1. The summed E-state index contributed by atoms with van der Waals surface area (Å²) in [4.78, 5) is 7.42. The predicted molar refractivity (Wildman–Crippen MR) is 110 cm³/mol. The number of hydrogen-bond donors (Lipinski definition) is 1. The molecule has 1 fully saturated rings. The van der Waals surface area contributed by atoms with Crippen molar-refractivity contribution in [2.24, 2.45) is 0 Å². The number of aromatic nitrogens is 2. The molecule has 1 aliphatic rings. The predicted octanol–water partition coefficient (Wildman–Crippen LogP) is 4.97. The van der Waals surface area contributed by atoms with E-state index in [0.717, 1.165) is 11.4 Å². The molecule has 152 valence electrons. The highest BCUT2D eigenvalue weighted by molar-refractivity contribution is 6.42. The molecule has 0 spiro atoms. The standard InChI is InChI=1S/C21H20Cl2N2O4/c1-26-12-17-13-27-21(29-17,11-20-24-8-9-25-20)14-2-4-15(5-3-14)28-16-6-7-18(22)19(23)10-16/h2-10,17H,11-13H2,1H3,(H,24,25). The van der Waals surface area contributed by atoms with Crippen molar-refractivity contribution in [3.63, 3.8) is 0 Å². The zero-order valence-corrected chi connectivity index (χ0v) is 17.2. The molecule has 1 saturated heterocycles. The molecule has 0 amide bonds. The van der Waals surface area contributed by atoms with Gasteiger partial charge in [0.2, 0.25) is 5.79 Å². The summed E-state index contributed by atoms with van der Waals surface area (Å²) >= 11 is 12.0. The Kier molecular flexibility index (Phi) is 6.08. The van der Waals surface area contributed by atoms with E-state index in [1.807, 2.05) is 24.3 Å². The average Bonchev–Trinajstić information content (AvgIpc) is 3.37. The van der Waals surface area contributed by atoms with Crippen molar-refractivity contribution >= 4 is 23.2 Å². The molecule has 0 radical (unpaired) electrons. The molecule has 4 rings (SSSR count). The number of benzene rings is 2. The van der Waals surface area contributed by atoms with Crippen molar-refractivity contribution in [3.05, 3.63) is 76.3 Å². The van der Waals surface area contributed by atoms with Gasteiger partial charge in [0.05, 0.1) is 29.7 Å². The van der Waals surface area contributed by atoms with Gasteiger partial charge in [0, 0.05) is 31.1 Å². The fraction of sp³-hybridized carbons (Fsp3) is 0.286. The lowest BCUT2D eigenvalue weighted by atomic mass is 10.0. The van der Waals surface area contributed by atoms with Crippen molar-refractivity contribution < 1.29 is 18.9 Å². The molecule has 2 unspecified atom stereocenters. The van der Waals surface area contributed by atoms with Crippen LogP contribution in [0.3, 0.4) is 0 Å². The molecular formula is C21H20Cl2N2O4. The van der Waals surface area contributed by atoms with Crippen molar-refractivity contribution in [1.29, 1.82) is 0 Å². The number of nitrogens with one attached hydrogen (secondary N) is 1. The van der Waals surface area contributed by atoms with Crippen LogP contribution in [-0.2, 0) is 26.4 Å². The minimum atomic E-state index is -0.941. The number of methoxy groups -OCH3 is 1. The van der Waals surface area contributed by atoms with Crippen molar-refractivity contribution in [3.8, 4) is 11.5 Å². The topological polar surface area (TPSA) is 65.6 Å². The summed E-state index contributed by atoms with van der Waals surface area (Å²) in [6.07, 6.45) is 3.78. The van der Waals surface area contributed by atoms with E-state index < -0.39 is 5.79 Å². The van der Waals surface area contributed by atoms with Gasteiger partial charge in [-0.3, -0.25) is 0 Å². The number of rotatable bonds is 7. The largest absolute Gasteiger partial charge is 0.457 e. The molecule has 1 N–H and O–H groups in total. The Morgan fingerprint density at radius 3 is 2.62 bits per heavy atom. The summed E-state index contributed by atoms with van der Waals surface area (Å²) in [7, 11) is 1.64. The number of halogens is 2. The van der Waals surface area contributed by atoms with E-state index in [-0.39, 0.29) is 6.10 Å². The molecule has 6 nitrogen and oxygen atoms in total. The molecule has 0 aliphatic carbocycles. The van der Waals surface area contributed by atoms with Crippen LogP contribution < -0.4 is 4.74 Å². The first-order valence-electron chi connectivity index (χ1n) is 9.10. The molecule has 29 heavy (non-hydrogen) atoms. The van der Waals surface area contributed by atoms with E-state index in [0.29, 0.717) is 41.2 Å². The minimum absolute atomic E-state index is 0.151. The van der Waals surface area contributed by atoms with Gasteiger partial charge >= 0.3 is 0 Å². The molecule has 3 aromatic rings. The molecule has 2 aromatic carbocycles. The Bertz CT molecular complexity index is 950. The fourth-order valence-electron chi connectivity index (χ4n) is 3.25. The van der Waals surface area contributed by atoms with Crippen LogP contribution in [0.4, 0.5) is 0 Å². The second-order valence-corrected chi connectivity index (χ2v) is 7.49. The number of ether oxygens (including phenoxy) is 4. The maximum Gasteiger partial charge on any atom is 0.202 e. The van der Waals surface area contributed by atoms with Crippen LogP contribution in [0.5, 0.6) is 11.5 Å². The van der Waals surface area contributed by atoms with Gasteiger partial charge in [-0.25, -0.2) is 4.98 Å². The van der Waals surface area contributed by atoms with Gasteiger partial charge in [0.1, 0.15) is 23.4 Å². The summed E-state index contributed by atoms with van der Waals surface area (Å²) in [5.41, 5.74) is 0.869. The normalized spacial score (nSPS) is 21.4. The van der Waals surface area contributed by atoms with E-state index in [1.54, 1.807) is 37.7 Å². The van der Waals surface area contributed by atoms with E-state index in [4.69, 9.17) is 42.1 Å². The molecule has 1 aliphatic heterocycles. The summed E-state index contributed by atoms with van der Waals surface area (Å²) in [5.74, 6) is 1.10. The van der Waals surface area contributed by atoms with E-state index in [9.17, 15) is 0 Å². The Morgan fingerprint density at radius 1 is 1.14 bits per heavy atom. The van der Waals surface area contributed by atoms with Gasteiger partial charge in [-0.15, -0.1) is 0 Å². The van der Waals surface area contributed by atoms with Crippen LogP contribution in [0.15, 0.2) is 54.9 Å². The smallest absolute Gasteiger partial charge is 0.202 e. The van der Waals surface area contributed by atoms with Crippen LogP contribution in [0.25, 0.3) is 0 Å². The van der Waals surface area contributed by atoms with E-state index in [1.165, 1.54) is 0 Å². The Balaban J connectivity index is 1.56. The highest BCUT2D eigenvalue weighted by Gasteiger charge is 2.44. The highest BCUT2D eigenvalue weighted by atomic mass is 35.5. The molecular weight excluding hydrogens is 415 g/mol. The highest BCUT2D eigenvalue weighted by Crippen LogP contribution is 2.38. The third-order valence-electron chi connectivity index (χ3n) is 4.59. The number of nitrogens with zero attached hydrogens (tertiary/aromatic N) is 1. The number of H-pyrrole nitrogens is 1. The second kappa shape index (κ2) is 8.73. The van der Waals surface area contributed by atoms with Gasteiger partial charge in [0.15, 0.2) is 0 Å². The first-order chi connectivity index (χ1) is 14.1. The lowest BCUT2D eigenvalue weighted by Crippen LogP contribution is -2.32. The molecule has 2 heterocycles. The van der Waals surface area contributed by atoms with Gasteiger partial charge in [-0.05, 0) is 36.4 Å². The van der Waals surface area contributed by atoms with E-state index >= 15 is 0 Å². The number of imidazole rings is 1. The van der Waals surface area contributed by atoms with Gasteiger partial charge < -0.3 is 23.9 Å². The lowest BCUT2D eigenvalue weighted by Gasteiger charge is -2.28. The number of aromatic amines is 1. The Labute approximate surface area is 178 Å². The lowest BCUT2D eigenvalue weighted by molar-refractivity contribution is -0.181. The molecule has 1 aromatic heterocycles. The number of hydrogen-bond acceptors (Lipinski definition) is 5. The molecule has 0 saturated carbocycles. The zero-order chi connectivity index (χ0) is 20.3. The van der Waals surface area contributed by atoms with Crippen LogP contribution >= 0.6 is 23.2 Å². The summed E-state index contributed by atoms with van der Waals surface area (Å²) in [5, 5.41) is 0.922. The second-order valence-electron chi connectivity index (χ2n) is 6.67. The van der Waals surface area contributed by atoms with Crippen LogP contribution in [0.1, 0.15) is 11.4 Å². The average molecular weight is 435 g/mol. The minimum Gasteiger partial charge on any atom is -0.457 e. The fourth-order valence-corrected chi connectivity index (χ4v) is 3.54. The van der Waals surface area contributed by atoms with Crippen LogP contribution in [-0.4, -0.2) is 36.4 Å². The molecule has 8 heteroatoms. The quantitative estimate of drug-likeness (QED) is 0.568. The molecule has 2 atom stereocenters. The summed E-state index contributed by atoms with van der Waals surface area (Å²) < 4.78 is 23.5. The maximum absolute atomic E-state index is 6.26. The van der Waals surface area contributed by atoms with Crippen molar-refractivity contribution in [2.75, 3.05) is 20.3 Å². The van der Waals surface area contributed by atoms with Gasteiger partial charge in [-0.1, -0.05) is 23.2 Å². The monoisotopic (exact) mass is 434 g/mol. The molecule has 0 bridgehead atoms. The van der Waals surface area contributed by atoms with Crippen LogP contribution in [0, 0.1) is 0 Å². The van der Waals surface area contributed by atoms with Gasteiger partial charge in [-0.2, -0.15) is 0 Å². The maximum atomic E-state index is 6.26. The Morgan fingerprint density at radius 2 is 1.93 bits per heavy atom. The zero-order valence-electron chi connectivity index (χ0n) is 15.7. The van der Waals surface area contributed by atoms with Crippen molar-refractivity contribution in [1.82, 2.24) is 9.97 Å². The summed E-state index contributed by atoms with van der Waals surface area (Å²) in [6, 6.07) is 12.7. The van der Waals surface area contributed by atoms with Crippen molar-refractivity contribution in [2.45, 2.75) is 18.3 Å². The first kappa shape index (κ1) is 20.2. The third kappa shape index (κ3) is 4.57.